The lowest BCUT2D eigenvalue weighted by Crippen LogP contribution is -2.21. The summed E-state index contributed by atoms with van der Waals surface area (Å²) < 4.78 is 34.7. The van der Waals surface area contributed by atoms with Crippen molar-refractivity contribution in [3.8, 4) is 5.75 Å². The fourth-order valence-electron chi connectivity index (χ4n) is 2.55. The number of carbonyl (C=O) groups is 2. The van der Waals surface area contributed by atoms with Gasteiger partial charge in [-0.3, -0.25) is 4.79 Å². The highest BCUT2D eigenvalue weighted by atomic mass is 32.1. The zero-order chi connectivity index (χ0) is 22.6. The Bertz CT molecular complexity index is 977. The molecule has 0 radical (unpaired) electrons. The Hall–Kier alpha value is -2.79. The van der Waals surface area contributed by atoms with E-state index in [-0.39, 0.29) is 28.0 Å². The van der Waals surface area contributed by atoms with Gasteiger partial charge in [0.15, 0.2) is 5.11 Å². The Morgan fingerprint density at radius 1 is 1.20 bits per heavy atom. The lowest BCUT2D eigenvalue weighted by Gasteiger charge is -2.15. The summed E-state index contributed by atoms with van der Waals surface area (Å²) in [7, 11) is 4.43. The van der Waals surface area contributed by atoms with E-state index in [2.05, 4.69) is 15.4 Å². The topological polar surface area (TPSA) is 79.9 Å². The molecule has 0 fully saturated rings. The van der Waals surface area contributed by atoms with Crippen LogP contribution in [0.25, 0.3) is 0 Å². The number of thiophene rings is 1. The van der Waals surface area contributed by atoms with Gasteiger partial charge in [0.1, 0.15) is 10.8 Å². The quantitative estimate of drug-likeness (QED) is 0.496. The fraction of sp³-hybridized carbons (Fsp3) is 0.316. The molecule has 2 aromatic rings. The predicted octanol–water partition coefficient (Wildman–Crippen LogP) is 4.26. The van der Waals surface area contributed by atoms with Crippen LogP contribution >= 0.6 is 23.6 Å². The standard InChI is InChI=1S/C19H21F2N3O4S2/c1-9-6-7-12(28-18(20)21)11(8-9)22-19(29)23-15-13(17(26)27-5)10(2)14(30-15)16(25)24(3)4/h6-8,18H,1-5H3,(H2,22,23,29). The molecule has 0 saturated heterocycles. The van der Waals surface area contributed by atoms with Crippen LogP contribution in [0.15, 0.2) is 18.2 Å². The van der Waals surface area contributed by atoms with Crippen LogP contribution in [0.1, 0.15) is 31.2 Å². The molecule has 2 rings (SSSR count). The van der Waals surface area contributed by atoms with Crippen molar-refractivity contribution in [3.63, 3.8) is 0 Å². The number of carbonyl (C=O) groups excluding carboxylic acids is 2. The van der Waals surface area contributed by atoms with Gasteiger partial charge in [-0.05, 0) is 49.3 Å². The number of amides is 1. The molecule has 7 nitrogen and oxygen atoms in total. The summed E-state index contributed by atoms with van der Waals surface area (Å²) in [6.45, 7) is 0.418. The first-order valence-electron chi connectivity index (χ1n) is 8.62. The Kier molecular flexibility index (Phi) is 7.68. The summed E-state index contributed by atoms with van der Waals surface area (Å²) in [4.78, 5) is 26.4. The number of anilines is 2. The van der Waals surface area contributed by atoms with E-state index in [9.17, 15) is 18.4 Å². The van der Waals surface area contributed by atoms with Crippen LogP contribution in [0, 0.1) is 13.8 Å². The maximum atomic E-state index is 12.7. The minimum atomic E-state index is -3.00. The van der Waals surface area contributed by atoms with Crippen LogP contribution in [0.4, 0.5) is 19.5 Å². The third kappa shape index (κ3) is 5.42. The molecule has 0 spiro atoms. The van der Waals surface area contributed by atoms with Gasteiger partial charge in [0, 0.05) is 14.1 Å². The van der Waals surface area contributed by atoms with E-state index in [1.165, 1.54) is 18.1 Å². The maximum absolute atomic E-state index is 12.7. The summed E-state index contributed by atoms with van der Waals surface area (Å²) in [5.74, 6) is -0.996. The van der Waals surface area contributed by atoms with Gasteiger partial charge in [-0.25, -0.2) is 4.79 Å². The number of esters is 1. The van der Waals surface area contributed by atoms with Gasteiger partial charge in [-0.15, -0.1) is 11.3 Å². The first kappa shape index (κ1) is 23.5. The molecule has 0 atom stereocenters. The molecule has 0 bridgehead atoms. The number of benzene rings is 1. The third-order valence-corrected chi connectivity index (χ3v) is 5.36. The van der Waals surface area contributed by atoms with E-state index >= 15 is 0 Å². The number of aryl methyl sites for hydroxylation is 1. The number of thiocarbonyl (C=S) groups is 1. The molecule has 11 heteroatoms. The Morgan fingerprint density at radius 3 is 2.43 bits per heavy atom. The number of ether oxygens (including phenoxy) is 2. The minimum absolute atomic E-state index is 0.0231. The van der Waals surface area contributed by atoms with Gasteiger partial charge in [-0.1, -0.05) is 6.07 Å². The van der Waals surface area contributed by atoms with Crippen molar-refractivity contribution >= 4 is 51.2 Å². The lowest BCUT2D eigenvalue weighted by molar-refractivity contribution is -0.0493. The van der Waals surface area contributed by atoms with Crippen LogP contribution in [-0.4, -0.2) is 49.7 Å². The predicted molar refractivity (Wildman–Crippen MR) is 116 cm³/mol. The largest absolute Gasteiger partial charge is 0.465 e. The second-order valence-corrected chi connectivity index (χ2v) is 7.84. The second-order valence-electron chi connectivity index (χ2n) is 6.41. The molecule has 1 aromatic heterocycles. The summed E-state index contributed by atoms with van der Waals surface area (Å²) in [5.41, 5.74) is 1.64. The number of nitrogens with zero attached hydrogens (tertiary/aromatic N) is 1. The van der Waals surface area contributed by atoms with Crippen molar-refractivity contribution in [2.45, 2.75) is 20.5 Å². The average Bonchev–Trinajstić information content (AvgIpc) is 2.97. The maximum Gasteiger partial charge on any atom is 0.387 e. The number of hydrogen-bond acceptors (Lipinski definition) is 6. The van der Waals surface area contributed by atoms with Crippen molar-refractivity contribution in [1.29, 1.82) is 0 Å². The molecule has 30 heavy (non-hydrogen) atoms. The zero-order valence-corrected chi connectivity index (χ0v) is 18.6. The van der Waals surface area contributed by atoms with Crippen LogP contribution in [0.5, 0.6) is 5.75 Å². The number of hydrogen-bond donors (Lipinski definition) is 2. The molecule has 2 N–H and O–H groups in total. The van der Waals surface area contributed by atoms with Gasteiger partial charge in [0.2, 0.25) is 0 Å². The van der Waals surface area contributed by atoms with Gasteiger partial charge >= 0.3 is 12.6 Å². The second kappa shape index (κ2) is 9.81. The van der Waals surface area contributed by atoms with Crippen molar-refractivity contribution < 1.29 is 27.8 Å². The van der Waals surface area contributed by atoms with E-state index < -0.39 is 12.6 Å². The smallest absolute Gasteiger partial charge is 0.387 e. The average molecular weight is 458 g/mol. The molecule has 0 unspecified atom stereocenters. The molecular weight excluding hydrogens is 436 g/mol. The Morgan fingerprint density at radius 2 is 1.87 bits per heavy atom. The van der Waals surface area contributed by atoms with Crippen LogP contribution in [-0.2, 0) is 4.74 Å². The van der Waals surface area contributed by atoms with E-state index in [0.29, 0.717) is 15.4 Å². The first-order valence-corrected chi connectivity index (χ1v) is 9.84. The highest BCUT2D eigenvalue weighted by Crippen LogP contribution is 2.35. The first-order chi connectivity index (χ1) is 14.0. The molecule has 0 aliphatic rings. The lowest BCUT2D eigenvalue weighted by atomic mass is 10.1. The summed E-state index contributed by atoms with van der Waals surface area (Å²) in [6.07, 6.45) is 0. The van der Waals surface area contributed by atoms with Gasteiger partial charge in [0.05, 0.1) is 23.2 Å². The summed E-state index contributed by atoms with van der Waals surface area (Å²) in [5, 5.41) is 5.97. The zero-order valence-electron chi connectivity index (χ0n) is 17.0. The molecule has 0 saturated carbocycles. The van der Waals surface area contributed by atoms with Gasteiger partial charge in [0.25, 0.3) is 5.91 Å². The Balaban J connectivity index is 2.35. The van der Waals surface area contributed by atoms with Crippen LogP contribution < -0.4 is 15.4 Å². The van der Waals surface area contributed by atoms with Crippen LogP contribution in [0.3, 0.4) is 0 Å². The normalized spacial score (nSPS) is 10.5. The summed E-state index contributed by atoms with van der Waals surface area (Å²) in [6, 6.07) is 4.61. The van der Waals surface area contributed by atoms with Crippen molar-refractivity contribution in [2.24, 2.45) is 0 Å². The highest BCUT2D eigenvalue weighted by Gasteiger charge is 2.26. The monoisotopic (exact) mass is 457 g/mol. The van der Waals surface area contributed by atoms with Gasteiger partial charge < -0.3 is 25.0 Å². The van der Waals surface area contributed by atoms with Crippen molar-refractivity contribution in [2.75, 3.05) is 31.8 Å². The molecule has 1 amide bonds. The number of alkyl halides is 2. The summed E-state index contributed by atoms with van der Waals surface area (Å²) >= 11 is 6.32. The van der Waals surface area contributed by atoms with Gasteiger partial charge in [-0.2, -0.15) is 8.78 Å². The molecule has 1 aromatic carbocycles. The minimum Gasteiger partial charge on any atom is -0.465 e. The molecule has 162 valence electrons. The van der Waals surface area contributed by atoms with Crippen molar-refractivity contribution in [1.82, 2.24) is 4.90 Å². The van der Waals surface area contributed by atoms with E-state index in [4.69, 9.17) is 17.0 Å². The third-order valence-electron chi connectivity index (χ3n) is 3.96. The fourth-order valence-corrected chi connectivity index (χ4v) is 4.05. The highest BCUT2D eigenvalue weighted by molar-refractivity contribution is 7.80. The Labute approximate surface area is 182 Å². The molecular formula is C19H21F2N3O4S2. The molecule has 1 heterocycles. The molecule has 0 aliphatic heterocycles. The van der Waals surface area contributed by atoms with Crippen LogP contribution in [0.2, 0.25) is 0 Å². The number of halogens is 2. The van der Waals surface area contributed by atoms with Crippen molar-refractivity contribution in [3.05, 3.63) is 39.8 Å². The van der Waals surface area contributed by atoms with E-state index in [1.54, 1.807) is 40.1 Å². The SMILES string of the molecule is COC(=O)c1c(NC(=S)Nc2cc(C)ccc2OC(F)F)sc(C(=O)N(C)C)c1C. The molecule has 0 aliphatic carbocycles. The van der Waals surface area contributed by atoms with E-state index in [1.807, 2.05) is 0 Å². The van der Waals surface area contributed by atoms with E-state index in [0.717, 1.165) is 16.9 Å². The number of methoxy groups -OCH3 is 1. The number of nitrogens with one attached hydrogen (secondary N) is 2. The number of rotatable bonds is 6.